The lowest BCUT2D eigenvalue weighted by atomic mass is 9.71. The second-order valence-corrected chi connectivity index (χ2v) is 9.31. The zero-order valence-electron chi connectivity index (χ0n) is 18.2. The number of pyridine rings is 1. The van der Waals surface area contributed by atoms with Crippen LogP contribution in [0.3, 0.4) is 0 Å². The van der Waals surface area contributed by atoms with E-state index in [1.54, 1.807) is 6.20 Å². The molecule has 164 valence electrons. The first-order chi connectivity index (χ1) is 15.6. The topological polar surface area (TPSA) is 62.2 Å². The van der Waals surface area contributed by atoms with Gasteiger partial charge in [-0.3, -0.25) is 9.78 Å². The zero-order chi connectivity index (χ0) is 22.1. The number of fused-ring (bicyclic) bond motifs is 4. The quantitative estimate of drug-likeness (QED) is 0.454. The number of carbonyl (C=O) groups is 1. The number of nitrogens with zero attached hydrogens (tertiary/aromatic N) is 2. The van der Waals surface area contributed by atoms with Gasteiger partial charge in [0.15, 0.2) is 6.54 Å². The van der Waals surface area contributed by atoms with Crippen molar-refractivity contribution in [1.29, 1.82) is 0 Å². The van der Waals surface area contributed by atoms with Gasteiger partial charge in [0, 0.05) is 36.0 Å². The third-order valence-corrected chi connectivity index (χ3v) is 7.56. The van der Waals surface area contributed by atoms with E-state index in [0.29, 0.717) is 22.9 Å². The number of quaternary nitrogens is 1. The third-order valence-electron chi connectivity index (χ3n) is 7.56. The molecule has 3 saturated heterocycles. The van der Waals surface area contributed by atoms with Crippen LogP contribution in [-0.2, 0) is 4.79 Å². The number of aromatic nitrogens is 1. The van der Waals surface area contributed by atoms with E-state index >= 15 is 0 Å². The molecule has 3 aliphatic rings. The number of hydrogen-bond donors (Lipinski definition) is 2. The lowest BCUT2D eigenvalue weighted by Crippen LogP contribution is -2.69. The van der Waals surface area contributed by atoms with Crippen LogP contribution in [-0.4, -0.2) is 46.2 Å². The van der Waals surface area contributed by atoms with Crippen molar-refractivity contribution < 1.29 is 14.4 Å². The van der Waals surface area contributed by atoms with Crippen LogP contribution in [0.5, 0.6) is 0 Å². The lowest BCUT2D eigenvalue weighted by molar-refractivity contribution is -0.966. The number of hydrogen-bond acceptors (Lipinski definition) is 3. The van der Waals surface area contributed by atoms with Crippen molar-refractivity contribution in [3.8, 4) is 0 Å². The van der Waals surface area contributed by atoms with Gasteiger partial charge >= 0.3 is 0 Å². The molecule has 2 bridgehead atoms. The monoisotopic (exact) mass is 428 g/mol. The first kappa shape index (κ1) is 20.9. The largest absolute Gasteiger partial charge is 0.382 e. The highest BCUT2D eigenvalue weighted by molar-refractivity contribution is 5.91. The molecule has 6 rings (SSSR count). The number of nitrogens with one attached hydrogen (secondary N) is 1. The summed E-state index contributed by atoms with van der Waals surface area (Å²) >= 11 is 0. The van der Waals surface area contributed by atoms with Crippen LogP contribution in [0.1, 0.15) is 24.5 Å². The fraction of sp³-hybridized carbons (Fsp3) is 0.333. The Balaban J connectivity index is 1.47. The van der Waals surface area contributed by atoms with E-state index in [1.807, 2.05) is 60.7 Å². The van der Waals surface area contributed by atoms with Gasteiger partial charge in [0.2, 0.25) is 0 Å². The summed E-state index contributed by atoms with van der Waals surface area (Å²) in [4.78, 5) is 17.6. The maximum atomic E-state index is 13.1. The number of anilines is 1. The van der Waals surface area contributed by atoms with Gasteiger partial charge in [-0.05, 0) is 35.7 Å². The summed E-state index contributed by atoms with van der Waals surface area (Å²) in [6.45, 7) is 6.18. The second kappa shape index (κ2) is 8.49. The van der Waals surface area contributed by atoms with E-state index < -0.39 is 6.10 Å². The molecule has 5 atom stereocenters. The number of piperidine rings is 3. The Morgan fingerprint density at radius 2 is 1.97 bits per heavy atom. The molecule has 1 aromatic heterocycles. The van der Waals surface area contributed by atoms with Gasteiger partial charge in [0.25, 0.3) is 5.91 Å². The van der Waals surface area contributed by atoms with Crippen molar-refractivity contribution in [2.24, 2.45) is 11.8 Å². The molecule has 0 aliphatic carbocycles. The Labute approximate surface area is 189 Å². The predicted molar refractivity (Wildman–Crippen MR) is 127 cm³/mol. The minimum absolute atomic E-state index is 0.00357. The van der Waals surface area contributed by atoms with Gasteiger partial charge in [-0.1, -0.05) is 42.5 Å². The van der Waals surface area contributed by atoms with Crippen LogP contribution in [0.4, 0.5) is 5.69 Å². The normalized spacial score (nSPS) is 27.7. The van der Waals surface area contributed by atoms with Crippen LogP contribution < -0.4 is 5.32 Å². The molecule has 5 heteroatoms. The summed E-state index contributed by atoms with van der Waals surface area (Å²) < 4.78 is 0.601. The van der Waals surface area contributed by atoms with Crippen molar-refractivity contribution in [3.63, 3.8) is 0 Å². The van der Waals surface area contributed by atoms with E-state index in [0.717, 1.165) is 48.1 Å². The molecule has 0 unspecified atom stereocenters. The van der Waals surface area contributed by atoms with Crippen LogP contribution in [0.15, 0.2) is 79.5 Å². The van der Waals surface area contributed by atoms with Crippen molar-refractivity contribution >= 4 is 22.5 Å². The van der Waals surface area contributed by atoms with Crippen molar-refractivity contribution in [3.05, 3.63) is 85.1 Å². The lowest BCUT2D eigenvalue weighted by Gasteiger charge is -2.57. The zero-order valence-corrected chi connectivity index (χ0v) is 18.2. The summed E-state index contributed by atoms with van der Waals surface area (Å²) in [6, 6.07) is 19.4. The SMILES string of the molecule is C=C[C@H]1C[N@+]2(CC(=O)Nc3ccccc3)CC[C@H]1C[C@@H]2[C@@H](O)c1ccnc2ccccc12. The molecule has 4 heterocycles. The molecule has 0 saturated carbocycles. The first-order valence-electron chi connectivity index (χ1n) is 11.4. The number of para-hydroxylation sites is 2. The number of aliphatic hydroxyl groups is 1. The number of benzene rings is 2. The molecule has 32 heavy (non-hydrogen) atoms. The molecular formula is C27H30N3O2+. The van der Waals surface area contributed by atoms with Gasteiger partial charge < -0.3 is 14.9 Å². The number of amides is 1. The third kappa shape index (κ3) is 3.72. The molecule has 3 aliphatic heterocycles. The highest BCUT2D eigenvalue weighted by Crippen LogP contribution is 2.46. The van der Waals surface area contributed by atoms with Crippen LogP contribution >= 0.6 is 0 Å². The minimum Gasteiger partial charge on any atom is -0.382 e. The summed E-state index contributed by atoms with van der Waals surface area (Å²) in [6.07, 6.45) is 5.14. The smallest absolute Gasteiger partial charge is 0.279 e. The fourth-order valence-electron chi connectivity index (χ4n) is 5.97. The van der Waals surface area contributed by atoms with Gasteiger partial charge in [-0.15, -0.1) is 6.58 Å². The van der Waals surface area contributed by atoms with E-state index in [9.17, 15) is 9.90 Å². The van der Waals surface area contributed by atoms with Crippen LogP contribution in [0.25, 0.3) is 10.9 Å². The molecule has 5 nitrogen and oxygen atoms in total. The molecule has 0 spiro atoms. The first-order valence-corrected chi connectivity index (χ1v) is 11.4. The van der Waals surface area contributed by atoms with Gasteiger partial charge in [-0.2, -0.15) is 0 Å². The van der Waals surface area contributed by atoms with Crippen molar-refractivity contribution in [2.75, 3.05) is 25.0 Å². The highest BCUT2D eigenvalue weighted by Gasteiger charge is 2.54. The Hall–Kier alpha value is -3.02. The Morgan fingerprint density at radius 3 is 2.78 bits per heavy atom. The predicted octanol–water partition coefficient (Wildman–Crippen LogP) is 4.32. The van der Waals surface area contributed by atoms with Gasteiger partial charge in [0.05, 0.1) is 18.6 Å². The van der Waals surface area contributed by atoms with Crippen molar-refractivity contribution in [2.45, 2.75) is 25.0 Å². The maximum absolute atomic E-state index is 13.1. The average molecular weight is 429 g/mol. The molecule has 0 radical (unpaired) electrons. The fourth-order valence-corrected chi connectivity index (χ4v) is 5.97. The van der Waals surface area contributed by atoms with Gasteiger partial charge in [-0.25, -0.2) is 0 Å². The van der Waals surface area contributed by atoms with E-state index in [1.165, 1.54) is 0 Å². The molecule has 2 N–H and O–H groups in total. The average Bonchev–Trinajstić information content (AvgIpc) is 2.83. The molecule has 1 amide bonds. The standard InChI is InChI=1S/C27H29N3O2/c1-2-19-17-30(18-26(31)29-21-8-4-3-5-9-21)15-13-20(19)16-25(30)27(32)23-12-14-28-24-11-7-6-10-22(23)24/h2-12,14,19-20,25,27,32H,1,13,15-18H2/p+1/t19-,20-,25+,27-,30-/m0/s1. The van der Waals surface area contributed by atoms with Crippen LogP contribution in [0.2, 0.25) is 0 Å². The number of aliphatic hydroxyl groups excluding tert-OH is 1. The van der Waals surface area contributed by atoms with Crippen molar-refractivity contribution in [1.82, 2.24) is 4.98 Å². The van der Waals surface area contributed by atoms with E-state index in [-0.39, 0.29) is 11.9 Å². The number of carbonyl (C=O) groups excluding carboxylic acids is 1. The summed E-state index contributed by atoms with van der Waals surface area (Å²) in [5.41, 5.74) is 2.60. The molecule has 3 aromatic rings. The Kier molecular flexibility index (Phi) is 5.53. The maximum Gasteiger partial charge on any atom is 0.279 e. The summed E-state index contributed by atoms with van der Waals surface area (Å²) in [5.74, 6) is 0.888. The number of rotatable bonds is 6. The Morgan fingerprint density at radius 1 is 1.19 bits per heavy atom. The summed E-state index contributed by atoms with van der Waals surface area (Å²) in [7, 11) is 0. The van der Waals surface area contributed by atoms with E-state index in [4.69, 9.17) is 0 Å². The van der Waals surface area contributed by atoms with Gasteiger partial charge in [0.1, 0.15) is 12.1 Å². The Bertz CT molecular complexity index is 1130. The minimum atomic E-state index is -0.652. The second-order valence-electron chi connectivity index (χ2n) is 9.31. The van der Waals surface area contributed by atoms with E-state index in [2.05, 4.69) is 23.0 Å². The molecule has 3 fully saturated rings. The molecule has 2 aromatic carbocycles. The van der Waals surface area contributed by atoms with Crippen LogP contribution in [0, 0.1) is 11.8 Å². The summed E-state index contributed by atoms with van der Waals surface area (Å²) in [5, 5.41) is 15.7. The highest BCUT2D eigenvalue weighted by atomic mass is 16.3. The molecular weight excluding hydrogens is 398 g/mol.